The molecule has 2 N–H and O–H groups in total. The van der Waals surface area contributed by atoms with Crippen molar-refractivity contribution < 1.29 is 14.3 Å². The Labute approximate surface area is 174 Å². The first-order chi connectivity index (χ1) is 14.1. The van der Waals surface area contributed by atoms with Gasteiger partial charge in [-0.05, 0) is 50.1 Å². The Morgan fingerprint density at radius 2 is 2.14 bits per heavy atom. The van der Waals surface area contributed by atoms with Crippen molar-refractivity contribution in [2.75, 3.05) is 24.3 Å². The van der Waals surface area contributed by atoms with E-state index < -0.39 is 11.5 Å². The molecule has 2 aromatic rings. The van der Waals surface area contributed by atoms with E-state index in [2.05, 4.69) is 15.5 Å². The molecule has 5 rings (SSSR count). The van der Waals surface area contributed by atoms with Gasteiger partial charge in [0.2, 0.25) is 11.8 Å². The molecule has 7 heteroatoms. The molecule has 3 aliphatic rings. The fourth-order valence-electron chi connectivity index (χ4n) is 5.38. The van der Waals surface area contributed by atoms with Crippen molar-refractivity contribution in [2.45, 2.75) is 30.8 Å². The van der Waals surface area contributed by atoms with Gasteiger partial charge in [-0.3, -0.25) is 14.5 Å². The first kappa shape index (κ1) is 18.5. The number of para-hydroxylation sites is 1. The Bertz CT molecular complexity index is 1010. The number of carbonyl (C=O) groups is 2. The van der Waals surface area contributed by atoms with Gasteiger partial charge in [0.05, 0.1) is 18.7 Å². The molecule has 3 atom stereocenters. The van der Waals surface area contributed by atoms with E-state index in [0.717, 1.165) is 30.6 Å². The second-order valence-corrected chi connectivity index (χ2v) is 8.31. The molecule has 0 bridgehead atoms. The highest BCUT2D eigenvalue weighted by atomic mass is 35.5. The van der Waals surface area contributed by atoms with Crippen molar-refractivity contribution in [3.8, 4) is 5.75 Å². The Hall–Kier alpha value is -2.57. The number of fused-ring (bicyclic) bond motifs is 4. The maximum Gasteiger partial charge on any atom is 0.250 e. The van der Waals surface area contributed by atoms with Gasteiger partial charge >= 0.3 is 0 Å². The standard InChI is InChI=1S/C22H22ClN3O3/c1-29-19-9-8-13(23)11-18(19)24-20(27)16-12-14-5-4-10-26(14)22(16)15-6-2-3-7-17(15)25-21(22)28/h2-3,6-9,11,14,16H,4-5,10,12H2,1H3,(H,24,27)(H,25,28). The quantitative estimate of drug-likeness (QED) is 0.809. The number of hydrogen-bond donors (Lipinski definition) is 2. The summed E-state index contributed by atoms with van der Waals surface area (Å²) < 4.78 is 5.37. The lowest BCUT2D eigenvalue weighted by Crippen LogP contribution is -2.53. The van der Waals surface area contributed by atoms with E-state index in [0.29, 0.717) is 22.9 Å². The van der Waals surface area contributed by atoms with Crippen LogP contribution in [0.15, 0.2) is 42.5 Å². The number of nitrogens with zero attached hydrogens (tertiary/aromatic N) is 1. The van der Waals surface area contributed by atoms with Crippen LogP contribution in [0.1, 0.15) is 24.8 Å². The van der Waals surface area contributed by atoms with Crippen LogP contribution in [0.5, 0.6) is 5.75 Å². The summed E-state index contributed by atoms with van der Waals surface area (Å²) in [7, 11) is 1.55. The summed E-state index contributed by atoms with van der Waals surface area (Å²) in [5.41, 5.74) is 1.24. The molecule has 0 aromatic heterocycles. The van der Waals surface area contributed by atoms with E-state index in [9.17, 15) is 9.59 Å². The van der Waals surface area contributed by atoms with Crippen LogP contribution >= 0.6 is 11.6 Å². The molecule has 2 amide bonds. The van der Waals surface area contributed by atoms with Crippen molar-refractivity contribution in [2.24, 2.45) is 5.92 Å². The van der Waals surface area contributed by atoms with Gasteiger partial charge in [0.15, 0.2) is 0 Å². The summed E-state index contributed by atoms with van der Waals surface area (Å²) in [4.78, 5) is 29.1. The molecule has 3 heterocycles. The maximum absolute atomic E-state index is 13.5. The third-order valence-electron chi connectivity index (χ3n) is 6.51. The van der Waals surface area contributed by atoms with Crippen LogP contribution in [-0.2, 0) is 15.1 Å². The van der Waals surface area contributed by atoms with Gasteiger partial charge in [0.25, 0.3) is 0 Å². The predicted molar refractivity (Wildman–Crippen MR) is 111 cm³/mol. The largest absolute Gasteiger partial charge is 0.495 e. The monoisotopic (exact) mass is 411 g/mol. The molecule has 0 aliphatic carbocycles. The lowest BCUT2D eigenvalue weighted by atomic mass is 9.78. The van der Waals surface area contributed by atoms with Crippen LogP contribution in [0.4, 0.5) is 11.4 Å². The summed E-state index contributed by atoms with van der Waals surface area (Å²) in [5, 5.41) is 6.50. The number of ether oxygens (including phenoxy) is 1. The number of amides is 2. The second-order valence-electron chi connectivity index (χ2n) is 7.88. The summed E-state index contributed by atoms with van der Waals surface area (Å²) >= 11 is 6.13. The van der Waals surface area contributed by atoms with Crippen LogP contribution in [0.2, 0.25) is 5.02 Å². The third kappa shape index (κ3) is 2.59. The zero-order chi connectivity index (χ0) is 20.2. The van der Waals surface area contributed by atoms with E-state index in [1.807, 2.05) is 24.3 Å². The number of nitrogens with one attached hydrogen (secondary N) is 2. The maximum atomic E-state index is 13.5. The number of hydrogen-bond acceptors (Lipinski definition) is 4. The van der Waals surface area contributed by atoms with Gasteiger partial charge in [-0.2, -0.15) is 0 Å². The van der Waals surface area contributed by atoms with E-state index in [1.54, 1.807) is 25.3 Å². The minimum absolute atomic E-state index is 0.110. The van der Waals surface area contributed by atoms with Crippen LogP contribution < -0.4 is 15.4 Å². The molecule has 3 aliphatic heterocycles. The Kier molecular flexibility index (Phi) is 4.29. The molecule has 3 unspecified atom stereocenters. The van der Waals surface area contributed by atoms with E-state index in [1.165, 1.54) is 0 Å². The van der Waals surface area contributed by atoms with E-state index in [4.69, 9.17) is 16.3 Å². The number of benzene rings is 2. The van der Waals surface area contributed by atoms with Gasteiger partial charge in [0, 0.05) is 22.3 Å². The van der Waals surface area contributed by atoms with Crippen LogP contribution in [0.25, 0.3) is 0 Å². The Morgan fingerprint density at radius 1 is 1.31 bits per heavy atom. The van der Waals surface area contributed by atoms with Crippen molar-refractivity contribution in [3.05, 3.63) is 53.1 Å². The van der Waals surface area contributed by atoms with E-state index in [-0.39, 0.29) is 17.9 Å². The van der Waals surface area contributed by atoms with Gasteiger partial charge in [-0.15, -0.1) is 0 Å². The topological polar surface area (TPSA) is 70.7 Å². The van der Waals surface area contributed by atoms with Crippen LogP contribution in [0, 0.1) is 5.92 Å². The minimum Gasteiger partial charge on any atom is -0.495 e. The summed E-state index contributed by atoms with van der Waals surface area (Å²) in [5.74, 6) is -0.264. The minimum atomic E-state index is -0.965. The van der Waals surface area contributed by atoms with Crippen molar-refractivity contribution in [1.29, 1.82) is 0 Å². The second kappa shape index (κ2) is 6.75. The highest BCUT2D eigenvalue weighted by Crippen LogP contribution is 2.55. The third-order valence-corrected chi connectivity index (χ3v) is 6.75. The molecular formula is C22H22ClN3O3. The molecule has 2 aromatic carbocycles. The van der Waals surface area contributed by atoms with Crippen LogP contribution in [0.3, 0.4) is 0 Å². The SMILES string of the molecule is COc1ccc(Cl)cc1NC(=O)C1CC2CCCN2C12C(=O)Nc1ccccc12. The normalized spacial score (nSPS) is 27.6. The summed E-state index contributed by atoms with van der Waals surface area (Å²) in [6.07, 6.45) is 2.69. The predicted octanol–water partition coefficient (Wildman–Crippen LogP) is 3.62. The average Bonchev–Trinajstić information content (AvgIpc) is 3.36. The molecule has 6 nitrogen and oxygen atoms in total. The first-order valence-electron chi connectivity index (χ1n) is 9.88. The highest BCUT2D eigenvalue weighted by Gasteiger charge is 2.65. The molecular weight excluding hydrogens is 390 g/mol. The number of methoxy groups -OCH3 is 1. The number of anilines is 2. The first-order valence-corrected chi connectivity index (χ1v) is 10.3. The Morgan fingerprint density at radius 3 is 2.97 bits per heavy atom. The van der Waals surface area contributed by atoms with Crippen molar-refractivity contribution in [3.63, 3.8) is 0 Å². The lowest BCUT2D eigenvalue weighted by Gasteiger charge is -2.36. The van der Waals surface area contributed by atoms with Gasteiger partial charge < -0.3 is 15.4 Å². The Balaban J connectivity index is 1.57. The number of halogens is 1. The molecule has 1 spiro atoms. The van der Waals surface area contributed by atoms with Crippen molar-refractivity contribution in [1.82, 2.24) is 4.90 Å². The van der Waals surface area contributed by atoms with Gasteiger partial charge in [-0.1, -0.05) is 29.8 Å². The average molecular weight is 412 g/mol. The van der Waals surface area contributed by atoms with Gasteiger partial charge in [-0.25, -0.2) is 0 Å². The molecule has 2 saturated heterocycles. The number of carbonyl (C=O) groups excluding carboxylic acids is 2. The molecule has 150 valence electrons. The van der Waals surface area contributed by atoms with E-state index >= 15 is 0 Å². The summed E-state index contributed by atoms with van der Waals surface area (Å²) in [6, 6.07) is 13.0. The van der Waals surface area contributed by atoms with Crippen molar-refractivity contribution >= 4 is 34.8 Å². The molecule has 29 heavy (non-hydrogen) atoms. The molecule has 0 saturated carbocycles. The smallest absolute Gasteiger partial charge is 0.250 e. The fourth-order valence-corrected chi connectivity index (χ4v) is 5.55. The lowest BCUT2D eigenvalue weighted by molar-refractivity contribution is -0.135. The summed E-state index contributed by atoms with van der Waals surface area (Å²) in [6.45, 7) is 0.816. The fraction of sp³-hybridized carbons (Fsp3) is 0.364. The van der Waals surface area contributed by atoms with Crippen LogP contribution in [-0.4, -0.2) is 36.4 Å². The highest BCUT2D eigenvalue weighted by molar-refractivity contribution is 6.31. The molecule has 2 fully saturated rings. The zero-order valence-electron chi connectivity index (χ0n) is 16.1. The van der Waals surface area contributed by atoms with Gasteiger partial charge in [0.1, 0.15) is 11.3 Å². The number of rotatable bonds is 3. The zero-order valence-corrected chi connectivity index (χ0v) is 16.8. The molecule has 0 radical (unpaired) electrons.